The molecule has 2 aliphatic carbocycles. The predicted molar refractivity (Wildman–Crippen MR) is 74.0 cm³/mol. The summed E-state index contributed by atoms with van der Waals surface area (Å²) in [7, 11) is 1.43. The van der Waals surface area contributed by atoms with Crippen molar-refractivity contribution in [1.29, 1.82) is 0 Å². The number of ether oxygens (including phenoxy) is 2. The number of fused-ring (bicyclic) bond motifs is 2. The Labute approximate surface area is 120 Å². The minimum atomic E-state index is -0.503. The van der Waals surface area contributed by atoms with Gasteiger partial charge in [0.25, 0.3) is 0 Å². The molecule has 1 amide bonds. The minimum Gasteiger partial charge on any atom is -0.469 e. The number of hydrogen-bond donors (Lipinski definition) is 1. The standard InChI is InChI=1S/C15H25NO4/c1-8-9-6-10(12(8)13(17)19-5)11(7-9)16-14(18)20-15(2,3)4/h8-12H,6-7H2,1-5H3,(H,16,18)/t8-,9?,10?,11-,12-/m0/s1. The van der Waals surface area contributed by atoms with Crippen LogP contribution in [0.1, 0.15) is 40.5 Å². The number of methoxy groups -OCH3 is 1. The molecule has 2 fully saturated rings. The molecule has 114 valence electrons. The van der Waals surface area contributed by atoms with Crippen molar-refractivity contribution in [3.8, 4) is 0 Å². The highest BCUT2D eigenvalue weighted by molar-refractivity contribution is 5.74. The predicted octanol–water partition coefficient (Wildman–Crippen LogP) is 2.34. The van der Waals surface area contributed by atoms with E-state index < -0.39 is 11.7 Å². The Hall–Kier alpha value is -1.26. The Kier molecular flexibility index (Phi) is 3.98. The number of amides is 1. The molecule has 0 heterocycles. The SMILES string of the molecule is COC(=O)[C@@H]1C2CC(C[C@@H]2NC(=O)OC(C)(C)C)[C@@H]1C. The first-order valence-electron chi connectivity index (χ1n) is 7.30. The summed E-state index contributed by atoms with van der Waals surface area (Å²) in [6.45, 7) is 7.63. The van der Waals surface area contributed by atoms with Gasteiger partial charge in [-0.1, -0.05) is 6.92 Å². The Bertz CT molecular complexity index is 401. The highest BCUT2D eigenvalue weighted by atomic mass is 16.6. The molecule has 0 saturated heterocycles. The zero-order valence-corrected chi connectivity index (χ0v) is 12.9. The van der Waals surface area contributed by atoms with Crippen molar-refractivity contribution in [3.05, 3.63) is 0 Å². The summed E-state index contributed by atoms with van der Waals surface area (Å²) < 4.78 is 10.2. The molecule has 20 heavy (non-hydrogen) atoms. The first-order chi connectivity index (χ1) is 9.23. The highest BCUT2D eigenvalue weighted by Crippen LogP contribution is 2.52. The number of hydrogen-bond acceptors (Lipinski definition) is 4. The van der Waals surface area contributed by atoms with E-state index >= 15 is 0 Å². The van der Waals surface area contributed by atoms with E-state index in [0.717, 1.165) is 12.8 Å². The quantitative estimate of drug-likeness (QED) is 0.790. The lowest BCUT2D eigenvalue weighted by Crippen LogP contribution is -2.46. The second kappa shape index (κ2) is 5.26. The number of alkyl carbamates (subject to hydrolysis) is 1. The number of carbonyl (C=O) groups excluding carboxylic acids is 2. The van der Waals surface area contributed by atoms with Gasteiger partial charge in [-0.3, -0.25) is 4.79 Å². The third-order valence-corrected chi connectivity index (χ3v) is 4.60. The van der Waals surface area contributed by atoms with Gasteiger partial charge < -0.3 is 14.8 Å². The van der Waals surface area contributed by atoms with Crippen LogP contribution in [0.2, 0.25) is 0 Å². The first-order valence-corrected chi connectivity index (χ1v) is 7.30. The second-order valence-corrected chi connectivity index (χ2v) is 7.06. The summed E-state index contributed by atoms with van der Waals surface area (Å²) in [5.41, 5.74) is -0.503. The zero-order valence-electron chi connectivity index (χ0n) is 12.9. The van der Waals surface area contributed by atoms with Gasteiger partial charge in [-0.2, -0.15) is 0 Å². The molecule has 0 aromatic carbocycles. The molecule has 1 N–H and O–H groups in total. The lowest BCUT2D eigenvalue weighted by atomic mass is 9.78. The van der Waals surface area contributed by atoms with Crippen LogP contribution in [-0.4, -0.2) is 30.8 Å². The third-order valence-electron chi connectivity index (χ3n) is 4.60. The maximum atomic E-state index is 11.9. The molecule has 0 aromatic rings. The molecule has 0 radical (unpaired) electrons. The fourth-order valence-corrected chi connectivity index (χ4v) is 3.77. The van der Waals surface area contributed by atoms with Crippen LogP contribution < -0.4 is 5.32 Å². The summed E-state index contributed by atoms with van der Waals surface area (Å²) in [5.74, 6) is 0.752. The zero-order chi connectivity index (χ0) is 15.1. The van der Waals surface area contributed by atoms with Crippen LogP contribution >= 0.6 is 0 Å². The molecule has 2 rings (SSSR count). The summed E-state index contributed by atoms with van der Waals surface area (Å²) in [6.07, 6.45) is 1.52. The fraction of sp³-hybridized carbons (Fsp3) is 0.867. The number of rotatable bonds is 2. The monoisotopic (exact) mass is 283 g/mol. The molecule has 5 heteroatoms. The molecule has 0 spiro atoms. The van der Waals surface area contributed by atoms with E-state index in [9.17, 15) is 9.59 Å². The van der Waals surface area contributed by atoms with E-state index in [2.05, 4.69) is 12.2 Å². The highest BCUT2D eigenvalue weighted by Gasteiger charge is 2.54. The Morgan fingerprint density at radius 1 is 1.20 bits per heavy atom. The van der Waals surface area contributed by atoms with Crippen molar-refractivity contribution in [2.24, 2.45) is 23.7 Å². The van der Waals surface area contributed by atoms with Crippen LogP contribution in [0.3, 0.4) is 0 Å². The largest absolute Gasteiger partial charge is 0.469 e. The van der Waals surface area contributed by atoms with E-state index in [1.807, 2.05) is 20.8 Å². The molecular formula is C15H25NO4. The lowest BCUT2D eigenvalue weighted by molar-refractivity contribution is -0.149. The molecule has 5 nitrogen and oxygen atoms in total. The number of nitrogens with one attached hydrogen (secondary N) is 1. The molecule has 0 aliphatic heterocycles. The van der Waals surface area contributed by atoms with Crippen LogP contribution in [0.15, 0.2) is 0 Å². The maximum Gasteiger partial charge on any atom is 0.407 e. The molecule has 0 aromatic heterocycles. The van der Waals surface area contributed by atoms with Crippen molar-refractivity contribution in [1.82, 2.24) is 5.32 Å². The topological polar surface area (TPSA) is 64.6 Å². The smallest absolute Gasteiger partial charge is 0.407 e. The van der Waals surface area contributed by atoms with Gasteiger partial charge in [0, 0.05) is 6.04 Å². The van der Waals surface area contributed by atoms with Gasteiger partial charge in [0.15, 0.2) is 0 Å². The van der Waals surface area contributed by atoms with Gasteiger partial charge in [0.1, 0.15) is 5.60 Å². The lowest BCUT2D eigenvalue weighted by Gasteiger charge is -2.33. The van der Waals surface area contributed by atoms with Crippen molar-refractivity contribution >= 4 is 12.1 Å². The minimum absolute atomic E-state index is 0.0233. The fourth-order valence-electron chi connectivity index (χ4n) is 3.77. The van der Waals surface area contributed by atoms with E-state index in [0.29, 0.717) is 11.8 Å². The van der Waals surface area contributed by atoms with Crippen LogP contribution in [0.5, 0.6) is 0 Å². The third kappa shape index (κ3) is 2.91. The summed E-state index contributed by atoms with van der Waals surface area (Å²) in [5, 5.41) is 2.93. The van der Waals surface area contributed by atoms with E-state index in [-0.39, 0.29) is 23.8 Å². The van der Waals surface area contributed by atoms with Crippen molar-refractivity contribution < 1.29 is 19.1 Å². The van der Waals surface area contributed by atoms with Crippen LogP contribution in [0, 0.1) is 23.7 Å². The number of esters is 1. The maximum absolute atomic E-state index is 11.9. The van der Waals surface area contributed by atoms with Gasteiger partial charge in [-0.05, 0) is 51.4 Å². The summed E-state index contributed by atoms with van der Waals surface area (Å²) >= 11 is 0. The molecule has 2 aliphatic rings. The van der Waals surface area contributed by atoms with E-state index in [1.165, 1.54) is 7.11 Å². The molecule has 2 unspecified atom stereocenters. The summed E-state index contributed by atoms with van der Waals surface area (Å²) in [4.78, 5) is 23.8. The van der Waals surface area contributed by atoms with Gasteiger partial charge >= 0.3 is 12.1 Å². The molecule has 5 atom stereocenters. The van der Waals surface area contributed by atoms with Gasteiger partial charge in [0.05, 0.1) is 13.0 Å². The average molecular weight is 283 g/mol. The Morgan fingerprint density at radius 2 is 1.85 bits per heavy atom. The van der Waals surface area contributed by atoms with Crippen LogP contribution in [0.4, 0.5) is 4.79 Å². The van der Waals surface area contributed by atoms with Crippen LogP contribution in [0.25, 0.3) is 0 Å². The normalized spacial score (nSPS) is 35.8. The van der Waals surface area contributed by atoms with Gasteiger partial charge in [-0.15, -0.1) is 0 Å². The molecule has 2 saturated carbocycles. The van der Waals surface area contributed by atoms with E-state index in [4.69, 9.17) is 9.47 Å². The van der Waals surface area contributed by atoms with Crippen molar-refractivity contribution in [2.75, 3.05) is 7.11 Å². The average Bonchev–Trinajstić information content (AvgIpc) is 2.83. The second-order valence-electron chi connectivity index (χ2n) is 7.06. The Balaban J connectivity index is 1.99. The van der Waals surface area contributed by atoms with Gasteiger partial charge in [0.2, 0.25) is 0 Å². The van der Waals surface area contributed by atoms with Gasteiger partial charge in [-0.25, -0.2) is 4.79 Å². The molecule has 2 bridgehead atoms. The van der Waals surface area contributed by atoms with E-state index in [1.54, 1.807) is 0 Å². The number of carbonyl (C=O) groups is 2. The molecular weight excluding hydrogens is 258 g/mol. The van der Waals surface area contributed by atoms with Crippen molar-refractivity contribution in [3.63, 3.8) is 0 Å². The summed E-state index contributed by atoms with van der Waals surface area (Å²) in [6, 6.07) is 0.0233. The van der Waals surface area contributed by atoms with Crippen LogP contribution in [-0.2, 0) is 14.3 Å². The first kappa shape index (κ1) is 15.1. The van der Waals surface area contributed by atoms with Crippen molar-refractivity contribution in [2.45, 2.75) is 52.2 Å². The Morgan fingerprint density at radius 3 is 2.35 bits per heavy atom.